The number of nitrogens with zero attached hydrogens (tertiary/aromatic N) is 2. The lowest BCUT2D eigenvalue weighted by Gasteiger charge is -2.28. The average Bonchev–Trinajstić information content (AvgIpc) is 2.98. The molecule has 0 spiro atoms. The van der Waals surface area contributed by atoms with Crippen molar-refractivity contribution in [1.29, 1.82) is 0 Å². The van der Waals surface area contributed by atoms with Crippen LogP contribution < -0.4 is 10.6 Å². The van der Waals surface area contributed by atoms with Crippen LogP contribution in [0.15, 0.2) is 40.9 Å². The lowest BCUT2D eigenvalue weighted by Crippen LogP contribution is -2.32. The molecule has 112 valence electrons. The Labute approximate surface area is 133 Å². The van der Waals surface area contributed by atoms with Crippen molar-refractivity contribution < 1.29 is 5.21 Å². The smallest absolute Gasteiger partial charge is 0.172 e. The molecule has 0 bridgehead atoms. The molecule has 1 atom stereocenters. The number of benzene rings is 1. The minimum Gasteiger partial charge on any atom is -0.409 e. The van der Waals surface area contributed by atoms with Crippen molar-refractivity contribution in [2.24, 2.45) is 10.9 Å². The zero-order chi connectivity index (χ0) is 15.4. The first kappa shape index (κ1) is 15.7. The number of halogens is 1. The van der Waals surface area contributed by atoms with Crippen LogP contribution in [-0.4, -0.2) is 24.1 Å². The molecule has 6 heteroatoms. The SMILES string of the molecule is CC(Cc1cccs1)N(C)c1ccc(Cl)cc1C(N)=NO. The molecule has 2 rings (SSSR count). The number of anilines is 1. The van der Waals surface area contributed by atoms with Crippen LogP contribution in [0, 0.1) is 0 Å². The Kier molecular flexibility index (Phi) is 5.09. The first-order valence-corrected chi connectivity index (χ1v) is 7.81. The number of nitrogens with two attached hydrogens (primary N) is 1. The number of hydrogen-bond donors (Lipinski definition) is 2. The summed E-state index contributed by atoms with van der Waals surface area (Å²) in [4.78, 5) is 3.44. The van der Waals surface area contributed by atoms with E-state index in [4.69, 9.17) is 22.5 Å². The average molecular weight is 324 g/mol. The molecule has 3 N–H and O–H groups in total. The van der Waals surface area contributed by atoms with Crippen LogP contribution in [0.5, 0.6) is 0 Å². The Balaban J connectivity index is 2.27. The molecule has 0 radical (unpaired) electrons. The van der Waals surface area contributed by atoms with E-state index < -0.39 is 0 Å². The Morgan fingerprint density at radius 2 is 2.24 bits per heavy atom. The molecule has 4 nitrogen and oxygen atoms in total. The van der Waals surface area contributed by atoms with E-state index in [1.165, 1.54) is 4.88 Å². The molecule has 1 aromatic carbocycles. The van der Waals surface area contributed by atoms with Crippen LogP contribution in [0.3, 0.4) is 0 Å². The Morgan fingerprint density at radius 1 is 1.48 bits per heavy atom. The van der Waals surface area contributed by atoms with Crippen molar-refractivity contribution >= 4 is 34.5 Å². The second-order valence-corrected chi connectivity index (χ2v) is 6.36. The van der Waals surface area contributed by atoms with Gasteiger partial charge < -0.3 is 15.8 Å². The van der Waals surface area contributed by atoms with Gasteiger partial charge in [-0.3, -0.25) is 0 Å². The van der Waals surface area contributed by atoms with E-state index in [0.717, 1.165) is 12.1 Å². The number of thiophene rings is 1. The van der Waals surface area contributed by atoms with Crippen molar-refractivity contribution in [3.05, 3.63) is 51.2 Å². The molecule has 1 aromatic heterocycles. The molecule has 1 unspecified atom stereocenters. The van der Waals surface area contributed by atoms with Crippen LogP contribution in [0.25, 0.3) is 0 Å². The Hall–Kier alpha value is -1.72. The van der Waals surface area contributed by atoms with Gasteiger partial charge in [-0.05, 0) is 36.6 Å². The fraction of sp³-hybridized carbons (Fsp3) is 0.267. The number of amidine groups is 1. The van der Waals surface area contributed by atoms with Gasteiger partial charge in [0.2, 0.25) is 0 Å². The summed E-state index contributed by atoms with van der Waals surface area (Å²) in [5.41, 5.74) is 7.27. The van der Waals surface area contributed by atoms with Crippen LogP contribution in [0.1, 0.15) is 17.4 Å². The highest BCUT2D eigenvalue weighted by atomic mass is 35.5. The summed E-state index contributed by atoms with van der Waals surface area (Å²) in [5.74, 6) is 0.0580. The molecule has 0 saturated carbocycles. The van der Waals surface area contributed by atoms with Crippen molar-refractivity contribution in [3.63, 3.8) is 0 Å². The van der Waals surface area contributed by atoms with Crippen LogP contribution in [-0.2, 0) is 6.42 Å². The zero-order valence-corrected chi connectivity index (χ0v) is 13.5. The molecule has 0 amide bonds. The zero-order valence-electron chi connectivity index (χ0n) is 12.0. The Morgan fingerprint density at radius 3 is 2.86 bits per heavy atom. The maximum absolute atomic E-state index is 8.93. The first-order chi connectivity index (χ1) is 10.0. The number of likely N-dealkylation sites (N-methyl/N-ethyl adjacent to an activating group) is 1. The van der Waals surface area contributed by atoms with E-state index in [1.807, 2.05) is 13.1 Å². The highest BCUT2D eigenvalue weighted by Gasteiger charge is 2.17. The van der Waals surface area contributed by atoms with E-state index in [1.54, 1.807) is 23.5 Å². The van der Waals surface area contributed by atoms with E-state index in [9.17, 15) is 0 Å². The second kappa shape index (κ2) is 6.83. The van der Waals surface area contributed by atoms with E-state index in [-0.39, 0.29) is 11.9 Å². The van der Waals surface area contributed by atoms with Gasteiger partial charge in [-0.2, -0.15) is 0 Å². The minimum atomic E-state index is 0.0580. The van der Waals surface area contributed by atoms with E-state index in [0.29, 0.717) is 10.6 Å². The fourth-order valence-electron chi connectivity index (χ4n) is 2.17. The van der Waals surface area contributed by atoms with Crippen molar-refractivity contribution in [2.45, 2.75) is 19.4 Å². The van der Waals surface area contributed by atoms with Crippen LogP contribution >= 0.6 is 22.9 Å². The predicted molar refractivity (Wildman–Crippen MR) is 89.9 cm³/mol. The summed E-state index contributed by atoms with van der Waals surface area (Å²) in [6.07, 6.45) is 0.937. The van der Waals surface area contributed by atoms with Gasteiger partial charge >= 0.3 is 0 Å². The van der Waals surface area contributed by atoms with Gasteiger partial charge in [-0.25, -0.2) is 0 Å². The molecule has 0 aliphatic heterocycles. The molecule has 0 aliphatic rings. The topological polar surface area (TPSA) is 61.8 Å². The fourth-order valence-corrected chi connectivity index (χ4v) is 3.17. The maximum Gasteiger partial charge on any atom is 0.172 e. The molecular weight excluding hydrogens is 306 g/mol. The van der Waals surface area contributed by atoms with Crippen molar-refractivity contribution in [2.75, 3.05) is 11.9 Å². The first-order valence-electron chi connectivity index (χ1n) is 6.55. The molecule has 0 saturated heterocycles. The van der Waals surface area contributed by atoms with Crippen molar-refractivity contribution in [1.82, 2.24) is 0 Å². The summed E-state index contributed by atoms with van der Waals surface area (Å²) < 4.78 is 0. The normalized spacial score (nSPS) is 13.2. The third kappa shape index (κ3) is 3.68. The standard InChI is InChI=1S/C15H18ClN3OS/c1-10(8-12-4-3-7-21-12)19(2)14-6-5-11(16)9-13(14)15(17)18-20/h3-7,9-10,20H,8H2,1-2H3,(H2,17,18). The van der Waals surface area contributed by atoms with Gasteiger partial charge in [0.25, 0.3) is 0 Å². The third-order valence-corrected chi connectivity index (χ3v) is 4.59. The highest BCUT2D eigenvalue weighted by Crippen LogP contribution is 2.26. The van der Waals surface area contributed by atoms with Gasteiger partial charge in [0, 0.05) is 40.7 Å². The van der Waals surface area contributed by atoms with Gasteiger partial charge in [-0.15, -0.1) is 11.3 Å². The molecule has 1 heterocycles. The summed E-state index contributed by atoms with van der Waals surface area (Å²) in [7, 11) is 2.00. The second-order valence-electron chi connectivity index (χ2n) is 4.89. The maximum atomic E-state index is 8.93. The monoisotopic (exact) mass is 323 g/mol. The highest BCUT2D eigenvalue weighted by molar-refractivity contribution is 7.09. The number of oxime groups is 1. The number of hydrogen-bond acceptors (Lipinski definition) is 4. The van der Waals surface area contributed by atoms with E-state index >= 15 is 0 Å². The lowest BCUT2D eigenvalue weighted by molar-refractivity contribution is 0.318. The summed E-state index contributed by atoms with van der Waals surface area (Å²) in [6.45, 7) is 2.14. The van der Waals surface area contributed by atoms with Gasteiger partial charge in [0.15, 0.2) is 5.84 Å². The van der Waals surface area contributed by atoms with Gasteiger partial charge in [0.1, 0.15) is 0 Å². The molecule has 0 aliphatic carbocycles. The molecule has 0 fully saturated rings. The minimum absolute atomic E-state index is 0.0580. The summed E-state index contributed by atoms with van der Waals surface area (Å²) in [6, 6.07) is 9.86. The van der Waals surface area contributed by atoms with Crippen LogP contribution in [0.4, 0.5) is 5.69 Å². The third-order valence-electron chi connectivity index (χ3n) is 3.46. The summed E-state index contributed by atoms with van der Waals surface area (Å²) in [5, 5.41) is 14.7. The van der Waals surface area contributed by atoms with Gasteiger partial charge in [0.05, 0.1) is 0 Å². The largest absolute Gasteiger partial charge is 0.409 e. The molecular formula is C15H18ClN3OS. The number of rotatable bonds is 5. The van der Waals surface area contributed by atoms with Gasteiger partial charge in [-0.1, -0.05) is 22.8 Å². The summed E-state index contributed by atoms with van der Waals surface area (Å²) >= 11 is 7.75. The Bertz CT molecular complexity index is 628. The van der Waals surface area contributed by atoms with Crippen LogP contribution in [0.2, 0.25) is 5.02 Å². The lowest BCUT2D eigenvalue weighted by atomic mass is 10.1. The molecule has 2 aromatic rings. The quantitative estimate of drug-likeness (QED) is 0.383. The predicted octanol–water partition coefficient (Wildman–Crippen LogP) is 3.56. The van der Waals surface area contributed by atoms with Crippen molar-refractivity contribution in [3.8, 4) is 0 Å². The molecule has 21 heavy (non-hydrogen) atoms. The van der Waals surface area contributed by atoms with E-state index in [2.05, 4.69) is 34.5 Å².